The number of likely N-dealkylation sites (N-methyl/N-ethyl adjacent to an activating group) is 1. The van der Waals surface area contributed by atoms with Gasteiger partial charge >= 0.3 is 0 Å². The highest BCUT2D eigenvalue weighted by Crippen LogP contribution is 2.46. The summed E-state index contributed by atoms with van der Waals surface area (Å²) in [7, 11) is 1.98. The first-order valence-electron chi connectivity index (χ1n) is 14.7. The van der Waals surface area contributed by atoms with E-state index >= 15 is 0 Å². The fraction of sp³-hybridized carbons (Fsp3) is 0.700. The van der Waals surface area contributed by atoms with Crippen molar-refractivity contribution < 1.29 is 18.8 Å². The van der Waals surface area contributed by atoms with Crippen LogP contribution in [-0.2, 0) is 20.8 Å². The number of carbonyl (C=O) groups excluding carboxylic acids is 3. The lowest BCUT2D eigenvalue weighted by Gasteiger charge is -2.47. The number of carbonyl (C=O) groups is 3. The van der Waals surface area contributed by atoms with Crippen LogP contribution in [-0.4, -0.2) is 85.4 Å². The topological polar surface area (TPSA) is 93.8 Å². The summed E-state index contributed by atoms with van der Waals surface area (Å²) in [4.78, 5) is 44.5. The van der Waals surface area contributed by atoms with Gasteiger partial charge in [0, 0.05) is 45.2 Å². The van der Waals surface area contributed by atoms with Gasteiger partial charge in [-0.2, -0.15) is 0 Å². The Morgan fingerprint density at radius 2 is 1.69 bits per heavy atom. The number of likely N-dealkylation sites (tertiary alicyclic amines) is 1. The van der Waals surface area contributed by atoms with Crippen molar-refractivity contribution in [3.05, 3.63) is 35.6 Å². The number of piperazine rings is 1. The van der Waals surface area contributed by atoms with E-state index < -0.39 is 17.5 Å². The largest absolute Gasteiger partial charge is 0.353 e. The van der Waals surface area contributed by atoms with E-state index in [-0.39, 0.29) is 36.0 Å². The number of benzene rings is 1. The minimum absolute atomic E-state index is 0.0698. The van der Waals surface area contributed by atoms with Crippen LogP contribution in [0, 0.1) is 17.2 Å². The van der Waals surface area contributed by atoms with Gasteiger partial charge in [-0.15, -0.1) is 0 Å². The molecule has 1 aromatic rings. The Balaban J connectivity index is 1.49. The van der Waals surface area contributed by atoms with E-state index in [0.29, 0.717) is 44.9 Å². The first-order valence-corrected chi connectivity index (χ1v) is 14.7. The summed E-state index contributed by atoms with van der Waals surface area (Å²) in [5.41, 5.74) is 0.335. The third-order valence-corrected chi connectivity index (χ3v) is 8.89. The molecule has 0 aromatic heterocycles. The van der Waals surface area contributed by atoms with Crippen LogP contribution in [0.25, 0.3) is 0 Å². The highest BCUT2D eigenvalue weighted by Gasteiger charge is 2.48. The van der Waals surface area contributed by atoms with E-state index in [1.165, 1.54) is 18.6 Å². The lowest BCUT2D eigenvalue weighted by atomic mass is 9.63. The summed E-state index contributed by atoms with van der Waals surface area (Å²) in [5.74, 6) is -0.216. The molecule has 3 fully saturated rings. The van der Waals surface area contributed by atoms with E-state index in [4.69, 9.17) is 0 Å². The third-order valence-electron chi connectivity index (χ3n) is 8.89. The monoisotopic (exact) mass is 543 g/mol. The van der Waals surface area contributed by atoms with Gasteiger partial charge in [0.2, 0.25) is 17.7 Å². The molecule has 0 bridgehead atoms. The zero-order valence-electron chi connectivity index (χ0n) is 23.8. The highest BCUT2D eigenvalue weighted by atomic mass is 19.1. The maximum absolute atomic E-state index is 13.9. The second-order valence-electron chi connectivity index (χ2n) is 12.1. The maximum Gasteiger partial charge on any atom is 0.245 e. The second kappa shape index (κ2) is 13.2. The van der Waals surface area contributed by atoms with Gasteiger partial charge in [-0.3, -0.25) is 14.4 Å². The first-order chi connectivity index (χ1) is 18.7. The number of hydrogen-bond donors (Lipinski definition) is 3. The molecule has 0 unspecified atom stereocenters. The van der Waals surface area contributed by atoms with Gasteiger partial charge < -0.3 is 25.8 Å². The third kappa shape index (κ3) is 7.37. The van der Waals surface area contributed by atoms with Gasteiger partial charge in [0.05, 0.1) is 11.5 Å². The Labute approximate surface area is 232 Å². The van der Waals surface area contributed by atoms with Crippen LogP contribution in [0.3, 0.4) is 0 Å². The van der Waals surface area contributed by atoms with Crippen molar-refractivity contribution in [1.29, 1.82) is 0 Å². The molecular formula is C30H46FN5O3. The SMILES string of the molecule is CC(C)NC(=O)C1(C2CCCCC2)CCN(C(=O)[C@@H](Cc2ccc(F)cc2)NC(=O)[C@@H]2CN(C)CCN2)CC1. The molecular weight excluding hydrogens is 497 g/mol. The summed E-state index contributed by atoms with van der Waals surface area (Å²) in [6, 6.07) is 4.99. The van der Waals surface area contributed by atoms with Gasteiger partial charge in [-0.25, -0.2) is 4.39 Å². The van der Waals surface area contributed by atoms with Gasteiger partial charge in [0.1, 0.15) is 11.9 Å². The number of piperidine rings is 1. The molecule has 2 atom stereocenters. The van der Waals surface area contributed by atoms with E-state index in [0.717, 1.165) is 37.8 Å². The molecule has 2 heterocycles. The zero-order valence-corrected chi connectivity index (χ0v) is 23.8. The minimum Gasteiger partial charge on any atom is -0.353 e. The van der Waals surface area contributed by atoms with Gasteiger partial charge in [-0.1, -0.05) is 31.4 Å². The van der Waals surface area contributed by atoms with Crippen molar-refractivity contribution in [1.82, 2.24) is 25.8 Å². The summed E-state index contributed by atoms with van der Waals surface area (Å²) in [6.07, 6.45) is 7.20. The minimum atomic E-state index is -0.760. The Bertz CT molecular complexity index is 987. The average Bonchev–Trinajstić information content (AvgIpc) is 2.93. The number of nitrogens with zero attached hydrogens (tertiary/aromatic N) is 2. The molecule has 216 valence electrons. The molecule has 1 aromatic carbocycles. The van der Waals surface area contributed by atoms with Gasteiger partial charge in [0.25, 0.3) is 0 Å². The van der Waals surface area contributed by atoms with E-state index in [2.05, 4.69) is 20.9 Å². The van der Waals surface area contributed by atoms with Crippen LogP contribution in [0.4, 0.5) is 4.39 Å². The van der Waals surface area contributed by atoms with Crippen molar-refractivity contribution in [3.8, 4) is 0 Å². The molecule has 2 saturated heterocycles. The zero-order chi connectivity index (χ0) is 28.0. The Hall–Kier alpha value is -2.52. The second-order valence-corrected chi connectivity index (χ2v) is 12.1. The normalized spacial score (nSPS) is 23.3. The van der Waals surface area contributed by atoms with Gasteiger partial charge in [0.15, 0.2) is 0 Å². The van der Waals surface area contributed by atoms with Gasteiger partial charge in [-0.05, 0) is 70.2 Å². The molecule has 1 saturated carbocycles. The lowest BCUT2D eigenvalue weighted by Crippen LogP contribution is -2.61. The van der Waals surface area contributed by atoms with Crippen molar-refractivity contribution in [2.24, 2.45) is 11.3 Å². The molecule has 8 nitrogen and oxygen atoms in total. The average molecular weight is 544 g/mol. The molecule has 39 heavy (non-hydrogen) atoms. The molecule has 1 aliphatic carbocycles. The van der Waals surface area contributed by atoms with Crippen molar-refractivity contribution in [2.45, 2.75) is 83.3 Å². The number of rotatable bonds is 8. The molecule has 0 spiro atoms. The maximum atomic E-state index is 13.9. The molecule has 2 aliphatic heterocycles. The highest BCUT2D eigenvalue weighted by molar-refractivity contribution is 5.90. The summed E-state index contributed by atoms with van der Waals surface area (Å²) in [5, 5.41) is 9.43. The van der Waals surface area contributed by atoms with Crippen LogP contribution < -0.4 is 16.0 Å². The van der Waals surface area contributed by atoms with Crippen LogP contribution in [0.5, 0.6) is 0 Å². The molecule has 0 radical (unpaired) electrons. The van der Waals surface area contributed by atoms with E-state index in [1.54, 1.807) is 12.1 Å². The van der Waals surface area contributed by atoms with Crippen LogP contribution in [0.15, 0.2) is 24.3 Å². The summed E-state index contributed by atoms with van der Waals surface area (Å²) >= 11 is 0. The van der Waals surface area contributed by atoms with Crippen LogP contribution in [0.2, 0.25) is 0 Å². The van der Waals surface area contributed by atoms with Crippen molar-refractivity contribution in [3.63, 3.8) is 0 Å². The number of amides is 3. The Kier molecular flexibility index (Phi) is 9.99. The standard InChI is InChI=1S/C30H46FN5O3/c1-21(2)33-29(39)30(23-7-5-4-6-8-23)13-16-36(17-14-30)28(38)25(19-22-9-11-24(31)12-10-22)34-27(37)26-20-35(3)18-15-32-26/h9-12,21,23,25-26,32H,4-8,13-20H2,1-3H3,(H,33,39)(H,34,37)/t25-,26+/m1/s1. The molecule has 4 rings (SSSR count). The Morgan fingerprint density at radius 3 is 2.31 bits per heavy atom. The van der Waals surface area contributed by atoms with Crippen LogP contribution in [0.1, 0.15) is 64.4 Å². The molecule has 3 N–H and O–H groups in total. The lowest BCUT2D eigenvalue weighted by molar-refractivity contribution is -0.147. The molecule has 9 heteroatoms. The number of hydrogen-bond acceptors (Lipinski definition) is 5. The fourth-order valence-corrected chi connectivity index (χ4v) is 6.63. The van der Waals surface area contributed by atoms with E-state index in [1.807, 2.05) is 25.8 Å². The predicted octanol–water partition coefficient (Wildman–Crippen LogP) is 2.47. The Morgan fingerprint density at radius 1 is 1.03 bits per heavy atom. The fourth-order valence-electron chi connectivity index (χ4n) is 6.63. The quantitative estimate of drug-likeness (QED) is 0.469. The summed E-state index contributed by atoms with van der Waals surface area (Å²) in [6.45, 7) is 7.10. The first kappa shape index (κ1) is 29.5. The summed E-state index contributed by atoms with van der Waals surface area (Å²) < 4.78 is 13.5. The smallest absolute Gasteiger partial charge is 0.245 e. The predicted molar refractivity (Wildman–Crippen MR) is 149 cm³/mol. The molecule has 3 aliphatic rings. The number of nitrogens with one attached hydrogen (secondary N) is 3. The van der Waals surface area contributed by atoms with Crippen molar-refractivity contribution >= 4 is 17.7 Å². The number of halogens is 1. The van der Waals surface area contributed by atoms with Crippen molar-refractivity contribution in [2.75, 3.05) is 39.8 Å². The molecule has 3 amide bonds. The van der Waals surface area contributed by atoms with E-state index in [9.17, 15) is 18.8 Å². The van der Waals surface area contributed by atoms with Crippen LogP contribution >= 0.6 is 0 Å².